The van der Waals surface area contributed by atoms with Crippen LogP contribution in [-0.2, 0) is 34.8 Å². The van der Waals surface area contributed by atoms with Gasteiger partial charge in [-0.25, -0.2) is 0 Å². The van der Waals surface area contributed by atoms with Crippen LogP contribution in [0.1, 0.15) is 85.6 Å². The van der Waals surface area contributed by atoms with Gasteiger partial charge in [0.15, 0.2) is 5.78 Å². The average Bonchev–Trinajstić information content (AvgIpc) is 3.78. The zero-order chi connectivity index (χ0) is 44.5. The van der Waals surface area contributed by atoms with E-state index in [0.717, 1.165) is 27.1 Å². The van der Waals surface area contributed by atoms with Crippen molar-refractivity contribution < 1.29 is 28.4 Å². The van der Waals surface area contributed by atoms with Crippen molar-refractivity contribution in [2.45, 2.75) is 121 Å². The summed E-state index contributed by atoms with van der Waals surface area (Å²) in [4.78, 5) is 71.6. The number of carbonyl (C=O) groups is 5. The van der Waals surface area contributed by atoms with E-state index >= 15 is 0 Å². The molecule has 62 heavy (non-hydrogen) atoms. The second-order valence-electron chi connectivity index (χ2n) is 17.9. The summed E-state index contributed by atoms with van der Waals surface area (Å²) in [5, 5.41) is 10.7. The summed E-state index contributed by atoms with van der Waals surface area (Å²) in [6, 6.07) is 35.6. The average molecular weight is 855 g/mol. The van der Waals surface area contributed by atoms with E-state index in [2.05, 4.69) is 61.0 Å². The molecule has 6 rings (SSSR count). The third-order valence-electron chi connectivity index (χ3n) is 12.5. The molecule has 0 aromatic heterocycles. The van der Waals surface area contributed by atoms with E-state index in [-0.39, 0.29) is 42.4 Å². The molecule has 4 aromatic rings. The molecule has 4 aromatic carbocycles. The zero-order valence-electron chi connectivity index (χ0n) is 37.0. The van der Waals surface area contributed by atoms with Gasteiger partial charge in [0.25, 0.3) is 8.32 Å². The number of fused-ring (bicyclic) bond motifs is 1. The fourth-order valence-corrected chi connectivity index (χ4v) is 13.4. The van der Waals surface area contributed by atoms with E-state index in [1.807, 2.05) is 104 Å². The largest absolute Gasteiger partial charge is 0.398 e. The number of hydrogen-bond acceptors (Lipinski definition) is 6. The van der Waals surface area contributed by atoms with E-state index < -0.39 is 55.8 Å². The summed E-state index contributed by atoms with van der Waals surface area (Å²) in [7, 11) is -2.94. The minimum atomic E-state index is -2.94. The Balaban J connectivity index is 1.14. The number of Topliss-reactive ketones (excluding diaryl/α,β-unsaturated/α-hetero) is 1. The molecule has 0 aliphatic carbocycles. The molecule has 5 atom stereocenters. The second kappa shape index (κ2) is 20.0. The highest BCUT2D eigenvalue weighted by Gasteiger charge is 2.51. The van der Waals surface area contributed by atoms with Crippen LogP contribution in [0.2, 0.25) is 5.04 Å². The molecular formula is C51H62N4O6Si. The summed E-state index contributed by atoms with van der Waals surface area (Å²) in [5.41, 5.74) is 1.60. The van der Waals surface area contributed by atoms with Gasteiger partial charge in [-0.05, 0) is 78.1 Å². The Hall–Kier alpha value is -5.65. The van der Waals surface area contributed by atoms with Crippen LogP contribution in [0.5, 0.6) is 0 Å². The molecule has 2 heterocycles. The Morgan fingerprint density at radius 3 is 1.97 bits per heavy atom. The van der Waals surface area contributed by atoms with Crippen molar-refractivity contribution in [3.63, 3.8) is 0 Å². The van der Waals surface area contributed by atoms with Crippen molar-refractivity contribution in [3.8, 4) is 11.1 Å². The molecule has 326 valence electrons. The number of ketones is 1. The summed E-state index contributed by atoms with van der Waals surface area (Å²) >= 11 is 0. The van der Waals surface area contributed by atoms with Crippen LogP contribution in [0, 0.1) is 0 Å². The molecule has 2 saturated heterocycles. The van der Waals surface area contributed by atoms with Gasteiger partial charge in [-0.15, -0.1) is 0 Å². The van der Waals surface area contributed by atoms with Crippen molar-refractivity contribution in [3.05, 3.63) is 133 Å². The molecule has 4 amide bonds. The molecule has 0 radical (unpaired) electrons. The Kier molecular flexibility index (Phi) is 14.8. The third kappa shape index (κ3) is 10.3. The minimum absolute atomic E-state index is 0.0653. The van der Waals surface area contributed by atoms with Crippen molar-refractivity contribution in [2.75, 3.05) is 6.54 Å². The number of hydrogen-bond donors (Lipinski definition) is 3. The number of carbonyl (C=O) groups excluding carboxylic acids is 5. The summed E-state index contributed by atoms with van der Waals surface area (Å²) < 4.78 is 7.01. The van der Waals surface area contributed by atoms with Gasteiger partial charge in [0, 0.05) is 19.4 Å². The van der Waals surface area contributed by atoms with Gasteiger partial charge in [-0.2, -0.15) is 0 Å². The maximum Gasteiger partial charge on any atom is 0.262 e. The summed E-state index contributed by atoms with van der Waals surface area (Å²) in [6.07, 6.45) is 5.22. The van der Waals surface area contributed by atoms with E-state index in [4.69, 9.17) is 4.43 Å². The number of benzene rings is 4. The Bertz CT molecular complexity index is 2170. The molecule has 0 bridgehead atoms. The molecule has 0 saturated carbocycles. The molecular weight excluding hydrogens is 793 g/mol. The van der Waals surface area contributed by atoms with Gasteiger partial charge in [-0.3, -0.25) is 24.0 Å². The lowest BCUT2D eigenvalue weighted by atomic mass is 9.94. The lowest BCUT2D eigenvalue weighted by molar-refractivity contribution is -0.144. The number of rotatable bonds is 14. The van der Waals surface area contributed by atoms with Crippen LogP contribution in [0.15, 0.2) is 127 Å². The van der Waals surface area contributed by atoms with Crippen molar-refractivity contribution in [1.29, 1.82) is 0 Å². The molecule has 2 aliphatic rings. The first kappa shape index (κ1) is 45.9. The van der Waals surface area contributed by atoms with Crippen LogP contribution >= 0.6 is 0 Å². The molecule has 0 unspecified atom stereocenters. The lowest BCUT2D eigenvalue weighted by Gasteiger charge is -2.44. The van der Waals surface area contributed by atoms with Crippen LogP contribution in [0.4, 0.5) is 0 Å². The Morgan fingerprint density at radius 2 is 1.39 bits per heavy atom. The van der Waals surface area contributed by atoms with Crippen molar-refractivity contribution in [1.82, 2.24) is 20.9 Å². The Morgan fingerprint density at radius 1 is 0.806 bits per heavy atom. The Labute approximate surface area is 368 Å². The first-order valence-corrected chi connectivity index (χ1v) is 23.9. The number of nitrogens with one attached hydrogen (secondary N) is 3. The lowest BCUT2D eigenvalue weighted by Crippen LogP contribution is -2.68. The highest BCUT2D eigenvalue weighted by atomic mass is 28.4. The molecule has 2 fully saturated rings. The van der Waals surface area contributed by atoms with E-state index in [1.54, 1.807) is 24.8 Å². The SMILES string of the molecule is CC[C@]1(C)NC(=O)[C@H](CCC=CCC(=O)[C@@H](C)O[Si](c2ccccc2)(c2ccccc2)C(C)(C)C)NC(=O)[C@H]2CCCN2C(=O)[C@H](Cc2ccc(-c3ccccc3)cc2)NC1=O. The minimum Gasteiger partial charge on any atom is -0.398 e. The van der Waals surface area contributed by atoms with Gasteiger partial charge in [0.2, 0.25) is 23.6 Å². The van der Waals surface area contributed by atoms with E-state index in [1.165, 1.54) is 0 Å². The highest BCUT2D eigenvalue weighted by molar-refractivity contribution is 6.99. The van der Waals surface area contributed by atoms with Gasteiger partial charge >= 0.3 is 0 Å². The number of amides is 4. The topological polar surface area (TPSA) is 134 Å². The monoisotopic (exact) mass is 854 g/mol. The smallest absolute Gasteiger partial charge is 0.262 e. The van der Waals surface area contributed by atoms with Crippen LogP contribution in [0.25, 0.3) is 11.1 Å². The maximum atomic E-state index is 14.3. The fourth-order valence-electron chi connectivity index (χ4n) is 8.69. The molecule has 2 aliphatic heterocycles. The predicted molar refractivity (Wildman–Crippen MR) is 247 cm³/mol. The van der Waals surface area contributed by atoms with E-state index in [9.17, 15) is 24.0 Å². The number of nitrogens with zero attached hydrogens (tertiary/aromatic N) is 1. The van der Waals surface area contributed by atoms with Gasteiger partial charge in [0.1, 0.15) is 29.8 Å². The second-order valence-corrected chi connectivity index (χ2v) is 22.1. The van der Waals surface area contributed by atoms with Crippen LogP contribution in [0.3, 0.4) is 0 Å². The standard InChI is InChI=1S/C51H62N4O6Si/c1-7-51(6)49(60)53-43(35-37-30-32-39(33-31-37)38-21-12-8-13-22-38)48(59)55-34-20-28-44(55)47(58)52-42(46(57)54-51)27-18-11-19-29-45(56)36(2)61-62(50(3,4)5,40-23-14-9-15-24-40)41-25-16-10-17-26-41/h8-17,19,21-26,30-33,36,42-44H,7,18,20,27-29,34-35H2,1-6H3,(H,52,58)(H,53,60)(H,54,57)/t36-,42+,43+,44-,51+/m1/s1. The zero-order valence-corrected chi connectivity index (χ0v) is 38.0. The quantitative estimate of drug-likeness (QED) is 0.0992. The first-order chi connectivity index (χ1) is 29.7. The van der Waals surface area contributed by atoms with Gasteiger partial charge in [-0.1, -0.05) is 155 Å². The predicted octanol–water partition coefficient (Wildman–Crippen LogP) is 6.42. The summed E-state index contributed by atoms with van der Waals surface area (Å²) in [6.45, 7) is 12.2. The van der Waals surface area contributed by atoms with Crippen LogP contribution < -0.4 is 26.3 Å². The van der Waals surface area contributed by atoms with Gasteiger partial charge < -0.3 is 25.3 Å². The molecule has 11 heteroatoms. The van der Waals surface area contributed by atoms with Crippen molar-refractivity contribution >= 4 is 48.1 Å². The fraction of sp³-hybridized carbons (Fsp3) is 0.392. The molecule has 10 nitrogen and oxygen atoms in total. The number of allylic oxidation sites excluding steroid dienone is 2. The highest BCUT2D eigenvalue weighted by Crippen LogP contribution is 2.37. The van der Waals surface area contributed by atoms with Crippen LogP contribution in [-0.4, -0.2) is 78.9 Å². The normalized spacial score (nSPS) is 21.9. The third-order valence-corrected chi connectivity index (χ3v) is 17.6. The van der Waals surface area contributed by atoms with Crippen molar-refractivity contribution in [2.24, 2.45) is 0 Å². The first-order valence-electron chi connectivity index (χ1n) is 22.0. The van der Waals surface area contributed by atoms with Gasteiger partial charge in [0.05, 0.1) is 0 Å². The van der Waals surface area contributed by atoms with E-state index in [0.29, 0.717) is 25.8 Å². The summed E-state index contributed by atoms with van der Waals surface area (Å²) in [5.74, 6) is -1.75. The molecule has 3 N–H and O–H groups in total. The molecule has 0 spiro atoms. The maximum absolute atomic E-state index is 14.3.